The standard InChI is InChI=1S/C13H23N5O/c1-3-9-4-6-10(7-5-9)17-12-11(19-2)13(18-14)16-8-15-12/h8-10H,3-7,14H2,1-2H3,(H2,15,16,17,18). The summed E-state index contributed by atoms with van der Waals surface area (Å²) in [6.07, 6.45) is 7.68. The fourth-order valence-corrected chi connectivity index (χ4v) is 2.68. The van der Waals surface area contributed by atoms with Crippen molar-refractivity contribution in [2.75, 3.05) is 17.9 Å². The highest BCUT2D eigenvalue weighted by molar-refractivity contribution is 5.63. The van der Waals surface area contributed by atoms with Crippen molar-refractivity contribution < 1.29 is 4.74 Å². The van der Waals surface area contributed by atoms with Gasteiger partial charge in [0.25, 0.3) is 0 Å². The van der Waals surface area contributed by atoms with Crippen LogP contribution in [0, 0.1) is 5.92 Å². The zero-order valence-corrected chi connectivity index (χ0v) is 11.6. The number of nitrogen functional groups attached to an aromatic ring is 1. The van der Waals surface area contributed by atoms with Crippen LogP contribution in [0.15, 0.2) is 6.33 Å². The first-order valence-electron chi connectivity index (χ1n) is 6.90. The molecule has 1 saturated carbocycles. The summed E-state index contributed by atoms with van der Waals surface area (Å²) in [6, 6.07) is 0.456. The summed E-state index contributed by atoms with van der Waals surface area (Å²) >= 11 is 0. The van der Waals surface area contributed by atoms with E-state index in [1.54, 1.807) is 7.11 Å². The molecular formula is C13H23N5O. The first kappa shape index (κ1) is 13.9. The van der Waals surface area contributed by atoms with Crippen molar-refractivity contribution in [1.82, 2.24) is 9.97 Å². The van der Waals surface area contributed by atoms with Crippen molar-refractivity contribution in [3.8, 4) is 5.75 Å². The lowest BCUT2D eigenvalue weighted by Crippen LogP contribution is -2.26. The second-order valence-electron chi connectivity index (χ2n) is 5.02. The molecule has 1 aromatic rings. The van der Waals surface area contributed by atoms with Crippen molar-refractivity contribution in [2.45, 2.75) is 45.1 Å². The third kappa shape index (κ3) is 3.26. The fourth-order valence-electron chi connectivity index (χ4n) is 2.68. The Balaban J connectivity index is 2.03. The highest BCUT2D eigenvalue weighted by Crippen LogP contribution is 2.32. The highest BCUT2D eigenvalue weighted by atomic mass is 16.5. The highest BCUT2D eigenvalue weighted by Gasteiger charge is 2.22. The molecule has 1 aliphatic rings. The molecule has 0 unspecified atom stereocenters. The van der Waals surface area contributed by atoms with Gasteiger partial charge in [0.2, 0.25) is 5.75 Å². The molecule has 19 heavy (non-hydrogen) atoms. The molecule has 0 radical (unpaired) electrons. The van der Waals surface area contributed by atoms with Crippen molar-refractivity contribution in [2.24, 2.45) is 11.8 Å². The Kier molecular flexibility index (Phi) is 4.79. The van der Waals surface area contributed by atoms with E-state index in [9.17, 15) is 0 Å². The van der Waals surface area contributed by atoms with Crippen molar-refractivity contribution >= 4 is 11.6 Å². The van der Waals surface area contributed by atoms with Crippen LogP contribution in [0.25, 0.3) is 0 Å². The number of anilines is 2. The van der Waals surface area contributed by atoms with E-state index in [2.05, 4.69) is 27.6 Å². The van der Waals surface area contributed by atoms with Gasteiger partial charge in [-0.1, -0.05) is 13.3 Å². The van der Waals surface area contributed by atoms with Crippen LogP contribution in [-0.4, -0.2) is 23.1 Å². The van der Waals surface area contributed by atoms with E-state index in [4.69, 9.17) is 10.6 Å². The normalized spacial score (nSPS) is 22.9. The Morgan fingerprint density at radius 1 is 1.26 bits per heavy atom. The van der Waals surface area contributed by atoms with E-state index >= 15 is 0 Å². The number of nitrogens with one attached hydrogen (secondary N) is 2. The van der Waals surface area contributed by atoms with Gasteiger partial charge in [0.05, 0.1) is 7.11 Å². The average molecular weight is 265 g/mol. The lowest BCUT2D eigenvalue weighted by molar-refractivity contribution is 0.329. The molecule has 0 aliphatic heterocycles. The molecule has 6 nitrogen and oxygen atoms in total. The quantitative estimate of drug-likeness (QED) is 0.559. The first-order valence-corrected chi connectivity index (χ1v) is 6.90. The third-order valence-electron chi connectivity index (χ3n) is 3.91. The van der Waals surface area contributed by atoms with Gasteiger partial charge in [0.1, 0.15) is 6.33 Å². The number of nitrogens with zero attached hydrogens (tertiary/aromatic N) is 2. The monoisotopic (exact) mass is 265 g/mol. The van der Waals surface area contributed by atoms with Crippen molar-refractivity contribution in [3.63, 3.8) is 0 Å². The zero-order chi connectivity index (χ0) is 13.7. The number of ether oxygens (including phenoxy) is 1. The number of hydrogen-bond donors (Lipinski definition) is 3. The SMILES string of the molecule is CCC1CCC(Nc2ncnc(NN)c2OC)CC1. The molecule has 1 heterocycles. The molecule has 2 rings (SSSR count). The second-order valence-corrected chi connectivity index (χ2v) is 5.02. The number of rotatable bonds is 5. The maximum absolute atomic E-state index is 5.42. The molecule has 0 spiro atoms. The number of aromatic nitrogens is 2. The van der Waals surface area contributed by atoms with Crippen LogP contribution >= 0.6 is 0 Å². The molecule has 106 valence electrons. The molecule has 1 aliphatic carbocycles. The van der Waals surface area contributed by atoms with E-state index in [1.807, 2.05) is 0 Å². The lowest BCUT2D eigenvalue weighted by Gasteiger charge is -2.29. The van der Waals surface area contributed by atoms with Crippen molar-refractivity contribution in [1.29, 1.82) is 0 Å². The fraction of sp³-hybridized carbons (Fsp3) is 0.692. The van der Waals surface area contributed by atoms with Crippen LogP contribution < -0.4 is 21.3 Å². The summed E-state index contributed by atoms with van der Waals surface area (Å²) in [5, 5.41) is 3.45. The Hall–Kier alpha value is -1.56. The van der Waals surface area contributed by atoms with E-state index in [-0.39, 0.29) is 0 Å². The smallest absolute Gasteiger partial charge is 0.205 e. The van der Waals surface area contributed by atoms with Gasteiger partial charge in [-0.3, -0.25) is 0 Å². The molecule has 0 bridgehead atoms. The van der Waals surface area contributed by atoms with Gasteiger partial charge in [0.15, 0.2) is 11.6 Å². The minimum Gasteiger partial charge on any atom is -0.490 e. The molecule has 1 fully saturated rings. The third-order valence-corrected chi connectivity index (χ3v) is 3.91. The van der Waals surface area contributed by atoms with Gasteiger partial charge in [0, 0.05) is 6.04 Å². The number of hydrogen-bond acceptors (Lipinski definition) is 6. The summed E-state index contributed by atoms with van der Waals surface area (Å²) in [5.74, 6) is 8.08. The predicted molar refractivity (Wildman–Crippen MR) is 76.1 cm³/mol. The summed E-state index contributed by atoms with van der Waals surface area (Å²) < 4.78 is 5.32. The van der Waals surface area contributed by atoms with Gasteiger partial charge in [-0.2, -0.15) is 0 Å². The van der Waals surface area contributed by atoms with Crippen LogP contribution in [0.3, 0.4) is 0 Å². The van der Waals surface area contributed by atoms with Crippen LogP contribution in [0.5, 0.6) is 5.75 Å². The summed E-state index contributed by atoms with van der Waals surface area (Å²) in [5.41, 5.74) is 2.52. The minimum absolute atomic E-state index is 0.456. The van der Waals surface area contributed by atoms with Crippen LogP contribution in [-0.2, 0) is 0 Å². The van der Waals surface area contributed by atoms with E-state index < -0.39 is 0 Å². The predicted octanol–water partition coefficient (Wildman–Crippen LogP) is 2.15. The average Bonchev–Trinajstić information content (AvgIpc) is 2.47. The Morgan fingerprint density at radius 2 is 1.95 bits per heavy atom. The van der Waals surface area contributed by atoms with E-state index in [0.29, 0.717) is 23.4 Å². The van der Waals surface area contributed by atoms with Crippen LogP contribution in [0.4, 0.5) is 11.6 Å². The Bertz CT molecular complexity index is 404. The lowest BCUT2D eigenvalue weighted by atomic mass is 9.84. The molecule has 0 atom stereocenters. The molecule has 0 saturated heterocycles. The number of hydrazine groups is 1. The molecule has 0 aromatic carbocycles. The summed E-state index contributed by atoms with van der Waals surface area (Å²) in [6.45, 7) is 2.27. The summed E-state index contributed by atoms with van der Waals surface area (Å²) in [4.78, 5) is 8.28. The molecule has 1 aromatic heterocycles. The van der Waals surface area contributed by atoms with Crippen molar-refractivity contribution in [3.05, 3.63) is 6.33 Å². The zero-order valence-electron chi connectivity index (χ0n) is 11.6. The van der Waals surface area contributed by atoms with Gasteiger partial charge in [-0.15, -0.1) is 0 Å². The van der Waals surface area contributed by atoms with E-state index in [1.165, 1.54) is 38.4 Å². The first-order chi connectivity index (χ1) is 9.28. The maximum Gasteiger partial charge on any atom is 0.205 e. The van der Waals surface area contributed by atoms with Gasteiger partial charge < -0.3 is 15.5 Å². The maximum atomic E-state index is 5.42. The van der Waals surface area contributed by atoms with E-state index in [0.717, 1.165) is 5.92 Å². The van der Waals surface area contributed by atoms with Gasteiger partial charge >= 0.3 is 0 Å². The Labute approximate surface area is 114 Å². The minimum atomic E-state index is 0.456. The topological polar surface area (TPSA) is 85.1 Å². The molecule has 6 heteroatoms. The number of nitrogens with two attached hydrogens (primary N) is 1. The van der Waals surface area contributed by atoms with Gasteiger partial charge in [-0.25, -0.2) is 15.8 Å². The molecule has 4 N–H and O–H groups in total. The molecule has 0 amide bonds. The molecular weight excluding hydrogens is 242 g/mol. The van der Waals surface area contributed by atoms with Crippen LogP contribution in [0.2, 0.25) is 0 Å². The number of methoxy groups -OCH3 is 1. The largest absolute Gasteiger partial charge is 0.490 e. The van der Waals surface area contributed by atoms with Gasteiger partial charge in [-0.05, 0) is 31.6 Å². The Morgan fingerprint density at radius 3 is 2.53 bits per heavy atom. The second kappa shape index (κ2) is 6.56. The van der Waals surface area contributed by atoms with Crippen LogP contribution in [0.1, 0.15) is 39.0 Å². The summed E-state index contributed by atoms with van der Waals surface area (Å²) in [7, 11) is 1.60.